The summed E-state index contributed by atoms with van der Waals surface area (Å²) in [5.74, 6) is 0.319. The highest BCUT2D eigenvalue weighted by atomic mass is 35.5. The first-order valence-corrected chi connectivity index (χ1v) is 8.15. The topological polar surface area (TPSA) is 67.3 Å². The molecule has 0 aromatic carbocycles. The summed E-state index contributed by atoms with van der Waals surface area (Å²) in [6.45, 7) is 5.58. The molecular formula is C14H19ClN4O2S. The number of halogens is 1. The molecule has 0 bridgehead atoms. The Balaban J connectivity index is 2.41. The van der Waals surface area contributed by atoms with Gasteiger partial charge in [0, 0.05) is 13.1 Å². The Hall–Kier alpha value is -1.44. The van der Waals surface area contributed by atoms with Crippen molar-refractivity contribution in [2.75, 3.05) is 39.1 Å². The molecule has 120 valence electrons. The molecule has 2 rings (SSSR count). The number of likely N-dealkylation sites (N-methyl/N-ethyl adjacent to an activating group) is 1. The first-order chi connectivity index (χ1) is 10.4. The summed E-state index contributed by atoms with van der Waals surface area (Å²) in [6.07, 6.45) is 0. The molecule has 8 heteroatoms. The number of esters is 1. The van der Waals surface area contributed by atoms with Crippen LogP contribution in [0.25, 0.3) is 10.2 Å². The number of nitrogens with one attached hydrogen (secondary N) is 1. The number of hydrogen-bond donors (Lipinski definition) is 1. The van der Waals surface area contributed by atoms with Crippen molar-refractivity contribution >= 4 is 44.9 Å². The van der Waals surface area contributed by atoms with Gasteiger partial charge in [-0.25, -0.2) is 14.8 Å². The fourth-order valence-corrected chi connectivity index (χ4v) is 3.32. The molecule has 0 fully saturated rings. The Bertz CT molecular complexity index is 687. The van der Waals surface area contributed by atoms with Gasteiger partial charge in [-0.3, -0.25) is 0 Å². The van der Waals surface area contributed by atoms with E-state index in [0.717, 1.165) is 24.0 Å². The van der Waals surface area contributed by atoms with E-state index in [1.165, 1.54) is 11.3 Å². The molecule has 1 N–H and O–H groups in total. The van der Waals surface area contributed by atoms with Gasteiger partial charge < -0.3 is 15.0 Å². The molecule has 2 aromatic heterocycles. The summed E-state index contributed by atoms with van der Waals surface area (Å²) in [5, 5.41) is 4.26. The van der Waals surface area contributed by atoms with Gasteiger partial charge in [0.15, 0.2) is 0 Å². The van der Waals surface area contributed by atoms with Crippen LogP contribution in [-0.4, -0.2) is 54.6 Å². The Morgan fingerprint density at radius 2 is 2.14 bits per heavy atom. The van der Waals surface area contributed by atoms with Gasteiger partial charge in [0.25, 0.3) is 0 Å². The second-order valence-electron chi connectivity index (χ2n) is 5.03. The maximum absolute atomic E-state index is 12.0. The molecule has 0 aliphatic heterocycles. The van der Waals surface area contributed by atoms with Crippen molar-refractivity contribution < 1.29 is 9.53 Å². The van der Waals surface area contributed by atoms with Crippen LogP contribution in [0.4, 0.5) is 5.82 Å². The maximum Gasteiger partial charge on any atom is 0.348 e. The van der Waals surface area contributed by atoms with Gasteiger partial charge in [-0.2, -0.15) is 0 Å². The number of fused-ring (bicyclic) bond motifs is 1. The third-order valence-corrected chi connectivity index (χ3v) is 4.41. The smallest absolute Gasteiger partial charge is 0.348 e. The predicted octanol–water partition coefficient (Wildman–Crippen LogP) is 2.80. The number of hydrogen-bond acceptors (Lipinski definition) is 7. The van der Waals surface area contributed by atoms with E-state index in [-0.39, 0.29) is 11.3 Å². The second kappa shape index (κ2) is 7.21. The molecule has 2 aromatic rings. The average Bonchev–Trinajstić information content (AvgIpc) is 2.75. The van der Waals surface area contributed by atoms with Crippen molar-refractivity contribution in [3.63, 3.8) is 0 Å². The summed E-state index contributed by atoms with van der Waals surface area (Å²) in [7, 11) is 4.00. The molecule has 0 amide bonds. The summed E-state index contributed by atoms with van der Waals surface area (Å²) in [5.41, 5.74) is 0.822. The highest BCUT2D eigenvalue weighted by Crippen LogP contribution is 2.34. The molecule has 0 saturated carbocycles. The highest BCUT2D eigenvalue weighted by Gasteiger charge is 2.21. The van der Waals surface area contributed by atoms with Crippen LogP contribution in [0.2, 0.25) is 5.28 Å². The Kier molecular flexibility index (Phi) is 5.55. The zero-order valence-corrected chi connectivity index (χ0v) is 14.6. The maximum atomic E-state index is 12.0. The minimum atomic E-state index is -0.335. The standard InChI is InChI=1S/C14H19ClN4O2S/c1-5-21-13(20)10-8(2)9-11(16-6-7-19(3)4)17-14(15)18-12(9)22-10/h5-7H2,1-4H3,(H,16,17,18). The first-order valence-electron chi connectivity index (χ1n) is 6.96. The lowest BCUT2D eigenvalue weighted by atomic mass is 10.2. The summed E-state index contributed by atoms with van der Waals surface area (Å²) >= 11 is 7.27. The first kappa shape index (κ1) is 16.9. The molecule has 0 unspecified atom stereocenters. The minimum absolute atomic E-state index is 0.163. The van der Waals surface area contributed by atoms with Gasteiger partial charge in [0.2, 0.25) is 5.28 Å². The Labute approximate surface area is 138 Å². The van der Waals surface area contributed by atoms with Crippen LogP contribution in [0.5, 0.6) is 0 Å². The Morgan fingerprint density at radius 3 is 2.77 bits per heavy atom. The number of aryl methyl sites for hydroxylation is 1. The number of nitrogens with zero attached hydrogens (tertiary/aromatic N) is 3. The highest BCUT2D eigenvalue weighted by molar-refractivity contribution is 7.20. The van der Waals surface area contributed by atoms with E-state index in [4.69, 9.17) is 16.3 Å². The lowest BCUT2D eigenvalue weighted by Crippen LogP contribution is -2.21. The number of ether oxygens (including phenoxy) is 1. The van der Waals surface area contributed by atoms with E-state index >= 15 is 0 Å². The van der Waals surface area contributed by atoms with Crippen LogP contribution in [0, 0.1) is 6.92 Å². The molecule has 0 atom stereocenters. The largest absolute Gasteiger partial charge is 0.462 e. The van der Waals surface area contributed by atoms with E-state index in [1.54, 1.807) is 6.92 Å². The average molecular weight is 343 g/mol. The SMILES string of the molecule is CCOC(=O)c1sc2nc(Cl)nc(NCCN(C)C)c2c1C. The third kappa shape index (κ3) is 3.66. The molecule has 2 heterocycles. The van der Waals surface area contributed by atoms with Crippen LogP contribution in [-0.2, 0) is 4.74 Å². The minimum Gasteiger partial charge on any atom is -0.462 e. The molecular weight excluding hydrogens is 324 g/mol. The number of carbonyl (C=O) groups is 1. The molecule has 6 nitrogen and oxygen atoms in total. The van der Waals surface area contributed by atoms with Gasteiger partial charge in [0.1, 0.15) is 15.5 Å². The van der Waals surface area contributed by atoms with Gasteiger partial charge in [-0.05, 0) is 45.1 Å². The summed E-state index contributed by atoms with van der Waals surface area (Å²) < 4.78 is 5.08. The number of thiophene rings is 1. The van der Waals surface area contributed by atoms with Crippen LogP contribution < -0.4 is 5.32 Å². The van der Waals surface area contributed by atoms with E-state index in [2.05, 4.69) is 20.2 Å². The molecule has 0 radical (unpaired) electrons. The van der Waals surface area contributed by atoms with Crippen molar-refractivity contribution in [3.05, 3.63) is 15.7 Å². The molecule has 0 spiro atoms. The van der Waals surface area contributed by atoms with Crippen molar-refractivity contribution in [2.24, 2.45) is 0 Å². The summed E-state index contributed by atoms with van der Waals surface area (Å²) in [6, 6.07) is 0. The van der Waals surface area contributed by atoms with E-state index in [9.17, 15) is 4.79 Å². The normalized spacial score (nSPS) is 11.2. The number of rotatable bonds is 6. The molecule has 0 aliphatic rings. The number of anilines is 1. The van der Waals surface area contributed by atoms with E-state index < -0.39 is 0 Å². The van der Waals surface area contributed by atoms with Crippen molar-refractivity contribution in [1.82, 2.24) is 14.9 Å². The number of carbonyl (C=O) groups excluding carboxylic acids is 1. The van der Waals surface area contributed by atoms with Crippen LogP contribution in [0.3, 0.4) is 0 Å². The van der Waals surface area contributed by atoms with Gasteiger partial charge in [-0.15, -0.1) is 11.3 Å². The van der Waals surface area contributed by atoms with Gasteiger partial charge in [-0.1, -0.05) is 0 Å². The van der Waals surface area contributed by atoms with E-state index in [1.807, 2.05) is 21.0 Å². The molecule has 22 heavy (non-hydrogen) atoms. The zero-order valence-electron chi connectivity index (χ0n) is 13.1. The number of aromatic nitrogens is 2. The summed E-state index contributed by atoms with van der Waals surface area (Å²) in [4.78, 5) is 23.8. The van der Waals surface area contributed by atoms with Gasteiger partial charge >= 0.3 is 5.97 Å². The fraction of sp³-hybridized carbons (Fsp3) is 0.500. The fourth-order valence-electron chi connectivity index (χ4n) is 2.03. The second-order valence-corrected chi connectivity index (χ2v) is 6.37. The Morgan fingerprint density at radius 1 is 1.41 bits per heavy atom. The van der Waals surface area contributed by atoms with Crippen LogP contribution >= 0.6 is 22.9 Å². The van der Waals surface area contributed by atoms with Crippen molar-refractivity contribution in [3.8, 4) is 0 Å². The third-order valence-electron chi connectivity index (χ3n) is 3.08. The lowest BCUT2D eigenvalue weighted by molar-refractivity contribution is 0.0531. The van der Waals surface area contributed by atoms with Gasteiger partial charge in [0.05, 0.1) is 12.0 Å². The van der Waals surface area contributed by atoms with Crippen molar-refractivity contribution in [1.29, 1.82) is 0 Å². The monoisotopic (exact) mass is 342 g/mol. The predicted molar refractivity (Wildman–Crippen MR) is 90.2 cm³/mol. The van der Waals surface area contributed by atoms with Crippen LogP contribution in [0.15, 0.2) is 0 Å². The lowest BCUT2D eigenvalue weighted by Gasteiger charge is -2.11. The zero-order chi connectivity index (χ0) is 16.3. The van der Waals surface area contributed by atoms with Crippen LogP contribution in [0.1, 0.15) is 22.2 Å². The van der Waals surface area contributed by atoms with E-state index in [0.29, 0.717) is 22.1 Å². The molecule has 0 saturated heterocycles. The van der Waals surface area contributed by atoms with Crippen molar-refractivity contribution in [2.45, 2.75) is 13.8 Å². The quantitative estimate of drug-likeness (QED) is 0.643. The molecule has 0 aliphatic carbocycles.